The first kappa shape index (κ1) is 20.9. The van der Waals surface area contributed by atoms with Crippen molar-refractivity contribution in [3.8, 4) is 0 Å². The Labute approximate surface area is 165 Å². The minimum absolute atomic E-state index is 0. The first-order valence-electron chi connectivity index (χ1n) is 8.96. The summed E-state index contributed by atoms with van der Waals surface area (Å²) in [6, 6.07) is 7.51. The summed E-state index contributed by atoms with van der Waals surface area (Å²) in [6.45, 7) is 5.95. The van der Waals surface area contributed by atoms with E-state index in [-0.39, 0.29) is 24.2 Å². The lowest BCUT2D eigenvalue weighted by molar-refractivity contribution is -0.116. The molecule has 0 fully saturated rings. The van der Waals surface area contributed by atoms with Crippen molar-refractivity contribution in [2.24, 2.45) is 5.92 Å². The number of aromatic amines is 1. The predicted molar refractivity (Wildman–Crippen MR) is 107 cm³/mol. The summed E-state index contributed by atoms with van der Waals surface area (Å²) in [5, 5.41) is 16.2. The Hall–Kier alpha value is -2.38. The van der Waals surface area contributed by atoms with Gasteiger partial charge in [0.05, 0.1) is 0 Å². The number of benzene rings is 1. The molecule has 0 saturated heterocycles. The van der Waals surface area contributed by atoms with E-state index in [0.29, 0.717) is 31.1 Å². The molecule has 1 aliphatic heterocycles. The van der Waals surface area contributed by atoms with Crippen LogP contribution in [-0.4, -0.2) is 28.6 Å². The van der Waals surface area contributed by atoms with E-state index in [2.05, 4.69) is 26.1 Å². The van der Waals surface area contributed by atoms with E-state index < -0.39 is 0 Å². The Bertz CT molecular complexity index is 803. The molecule has 2 amide bonds. The van der Waals surface area contributed by atoms with Crippen LogP contribution >= 0.6 is 12.4 Å². The molecular formula is C19H26ClN5O2. The fraction of sp³-hybridized carbons (Fsp3) is 0.421. The van der Waals surface area contributed by atoms with Crippen molar-refractivity contribution in [3.63, 3.8) is 0 Å². The van der Waals surface area contributed by atoms with Crippen LogP contribution in [0.15, 0.2) is 24.3 Å². The average molecular weight is 392 g/mol. The highest BCUT2D eigenvalue weighted by Crippen LogP contribution is 2.16. The number of hydrogen-bond donors (Lipinski definition) is 4. The Morgan fingerprint density at radius 2 is 2.11 bits per heavy atom. The molecule has 0 radical (unpaired) electrons. The number of carbonyl (C=O) groups excluding carboxylic acids is 2. The number of amides is 2. The van der Waals surface area contributed by atoms with Crippen LogP contribution in [0, 0.1) is 5.92 Å². The quantitative estimate of drug-likeness (QED) is 0.607. The topological polar surface area (TPSA) is 98.9 Å². The smallest absolute Gasteiger partial charge is 0.272 e. The summed E-state index contributed by atoms with van der Waals surface area (Å²) in [5.74, 6) is 0.115. The average Bonchev–Trinajstić information content (AvgIpc) is 3.03. The predicted octanol–water partition coefficient (Wildman–Crippen LogP) is 2.39. The van der Waals surface area contributed by atoms with E-state index in [1.807, 2.05) is 38.1 Å². The Balaban J connectivity index is 0.00000261. The van der Waals surface area contributed by atoms with E-state index in [1.165, 1.54) is 0 Å². The van der Waals surface area contributed by atoms with Gasteiger partial charge in [0.25, 0.3) is 5.91 Å². The van der Waals surface area contributed by atoms with Gasteiger partial charge in [0, 0.05) is 49.4 Å². The van der Waals surface area contributed by atoms with Crippen LogP contribution in [-0.2, 0) is 24.3 Å². The lowest BCUT2D eigenvalue weighted by Gasteiger charge is -2.13. The van der Waals surface area contributed by atoms with Crippen molar-refractivity contribution >= 4 is 29.9 Å². The van der Waals surface area contributed by atoms with Gasteiger partial charge in [0.15, 0.2) is 5.69 Å². The van der Waals surface area contributed by atoms with Crippen LogP contribution in [0.25, 0.3) is 0 Å². The minimum atomic E-state index is -0.194. The van der Waals surface area contributed by atoms with Crippen molar-refractivity contribution in [3.05, 3.63) is 46.8 Å². The number of halogens is 1. The van der Waals surface area contributed by atoms with Gasteiger partial charge in [-0.2, -0.15) is 5.10 Å². The lowest BCUT2D eigenvalue weighted by atomic mass is 10.1. The van der Waals surface area contributed by atoms with Crippen molar-refractivity contribution in [2.75, 3.05) is 11.9 Å². The normalized spacial score (nSPS) is 12.9. The largest absolute Gasteiger partial charge is 0.347 e. The zero-order valence-electron chi connectivity index (χ0n) is 15.6. The van der Waals surface area contributed by atoms with Crippen LogP contribution in [0.4, 0.5) is 5.69 Å². The molecule has 7 nitrogen and oxygen atoms in total. The Kier molecular flexibility index (Phi) is 7.38. The third-order valence-corrected chi connectivity index (χ3v) is 4.28. The number of carbonyl (C=O) groups is 2. The lowest BCUT2D eigenvalue weighted by Crippen LogP contribution is -2.28. The molecule has 0 unspecified atom stereocenters. The number of rotatable bonds is 6. The van der Waals surface area contributed by atoms with E-state index in [0.717, 1.165) is 35.5 Å². The number of fused-ring (bicyclic) bond motifs is 1. The standard InChI is InChI=1S/C19H25N5O2.ClH/c1-12(2)8-17(25)22-14-5-3-4-13(9-14)10-21-19(26)18-15-11-20-7-6-16(15)23-24-18;/h3-5,9,12,20H,6-8,10-11H2,1-2H3,(H,21,26)(H,22,25)(H,23,24);1H. The fourth-order valence-electron chi connectivity index (χ4n) is 3.02. The molecule has 3 rings (SSSR count). The van der Waals surface area contributed by atoms with Gasteiger partial charge < -0.3 is 16.0 Å². The highest BCUT2D eigenvalue weighted by molar-refractivity contribution is 5.94. The summed E-state index contributed by atoms with van der Waals surface area (Å²) >= 11 is 0. The molecule has 8 heteroatoms. The van der Waals surface area contributed by atoms with Crippen LogP contribution in [0.3, 0.4) is 0 Å². The summed E-state index contributed by atoms with van der Waals surface area (Å²) in [5.41, 5.74) is 4.09. The van der Waals surface area contributed by atoms with Gasteiger partial charge in [-0.3, -0.25) is 14.7 Å². The number of nitrogens with zero attached hydrogens (tertiary/aromatic N) is 1. The fourth-order valence-corrected chi connectivity index (χ4v) is 3.02. The molecule has 0 spiro atoms. The third kappa shape index (κ3) is 5.55. The monoisotopic (exact) mass is 391 g/mol. The van der Waals surface area contributed by atoms with Gasteiger partial charge in [0.2, 0.25) is 5.91 Å². The molecule has 2 heterocycles. The van der Waals surface area contributed by atoms with Crippen molar-refractivity contribution < 1.29 is 9.59 Å². The summed E-state index contributed by atoms with van der Waals surface area (Å²) in [4.78, 5) is 24.3. The molecule has 0 bridgehead atoms. The van der Waals surface area contributed by atoms with Gasteiger partial charge in [-0.1, -0.05) is 26.0 Å². The maximum Gasteiger partial charge on any atom is 0.272 e. The van der Waals surface area contributed by atoms with E-state index in [9.17, 15) is 9.59 Å². The molecule has 0 atom stereocenters. The molecule has 1 aromatic heterocycles. The summed E-state index contributed by atoms with van der Waals surface area (Å²) in [7, 11) is 0. The molecule has 4 N–H and O–H groups in total. The van der Waals surface area contributed by atoms with Crippen LogP contribution in [0.1, 0.15) is 47.6 Å². The first-order valence-corrected chi connectivity index (χ1v) is 8.96. The van der Waals surface area contributed by atoms with Gasteiger partial charge in [-0.15, -0.1) is 12.4 Å². The SMILES string of the molecule is CC(C)CC(=O)Nc1cccc(CNC(=O)c2n[nH]c3c2CNCC3)c1.Cl. The van der Waals surface area contributed by atoms with E-state index in [1.54, 1.807) is 0 Å². The highest BCUT2D eigenvalue weighted by Gasteiger charge is 2.21. The van der Waals surface area contributed by atoms with Crippen molar-refractivity contribution in [1.29, 1.82) is 0 Å². The molecule has 1 aromatic carbocycles. The zero-order chi connectivity index (χ0) is 18.5. The minimum Gasteiger partial charge on any atom is -0.347 e. The second kappa shape index (κ2) is 9.53. The third-order valence-electron chi connectivity index (χ3n) is 4.28. The number of anilines is 1. The van der Waals surface area contributed by atoms with Gasteiger partial charge in [0.1, 0.15) is 0 Å². The number of hydrogen-bond acceptors (Lipinski definition) is 4. The van der Waals surface area contributed by atoms with Gasteiger partial charge >= 0.3 is 0 Å². The van der Waals surface area contributed by atoms with E-state index in [4.69, 9.17) is 0 Å². The second-order valence-electron chi connectivity index (χ2n) is 6.99. The van der Waals surface area contributed by atoms with Crippen LogP contribution in [0.2, 0.25) is 0 Å². The molecule has 1 aliphatic rings. The molecule has 0 saturated carbocycles. The maximum atomic E-state index is 12.4. The zero-order valence-corrected chi connectivity index (χ0v) is 16.4. The Morgan fingerprint density at radius 1 is 1.30 bits per heavy atom. The summed E-state index contributed by atoms with van der Waals surface area (Å²) in [6.07, 6.45) is 1.34. The van der Waals surface area contributed by atoms with E-state index >= 15 is 0 Å². The first-order chi connectivity index (χ1) is 12.5. The number of aromatic nitrogens is 2. The molecule has 0 aliphatic carbocycles. The Morgan fingerprint density at radius 3 is 2.89 bits per heavy atom. The second-order valence-corrected chi connectivity index (χ2v) is 6.99. The molecule has 2 aromatic rings. The molecule has 27 heavy (non-hydrogen) atoms. The maximum absolute atomic E-state index is 12.4. The number of H-pyrrole nitrogens is 1. The van der Waals surface area contributed by atoms with Gasteiger partial charge in [-0.25, -0.2) is 0 Å². The van der Waals surface area contributed by atoms with Crippen molar-refractivity contribution in [2.45, 2.75) is 39.8 Å². The van der Waals surface area contributed by atoms with Gasteiger partial charge in [-0.05, 0) is 23.6 Å². The highest BCUT2D eigenvalue weighted by atomic mass is 35.5. The molecule has 146 valence electrons. The summed E-state index contributed by atoms with van der Waals surface area (Å²) < 4.78 is 0. The van der Waals surface area contributed by atoms with Crippen molar-refractivity contribution in [1.82, 2.24) is 20.8 Å². The molecular weight excluding hydrogens is 366 g/mol. The van der Waals surface area contributed by atoms with Crippen LogP contribution in [0.5, 0.6) is 0 Å². The number of nitrogens with one attached hydrogen (secondary N) is 4. The van der Waals surface area contributed by atoms with Crippen LogP contribution < -0.4 is 16.0 Å².